The molecule has 0 spiro atoms. The minimum absolute atomic E-state index is 0.0162. The van der Waals surface area contributed by atoms with E-state index in [1.54, 1.807) is 6.08 Å². The van der Waals surface area contributed by atoms with Gasteiger partial charge in [-0.05, 0) is 64.5 Å². The third kappa shape index (κ3) is 4.82. The summed E-state index contributed by atoms with van der Waals surface area (Å²) >= 11 is 0. The lowest BCUT2D eigenvalue weighted by Gasteiger charge is -2.19. The summed E-state index contributed by atoms with van der Waals surface area (Å²) in [6, 6.07) is 2.60. The van der Waals surface area contributed by atoms with Crippen molar-refractivity contribution in [2.45, 2.75) is 77.0 Å². The average molecular weight is 376 g/mol. The van der Waals surface area contributed by atoms with E-state index in [2.05, 4.69) is 0 Å². The highest BCUT2D eigenvalue weighted by molar-refractivity contribution is 5.97. The predicted octanol–water partition coefficient (Wildman–Crippen LogP) is 4.14. The minimum atomic E-state index is -0.588. The molecule has 0 amide bonds. The van der Waals surface area contributed by atoms with Crippen LogP contribution in [0.2, 0.25) is 0 Å². The number of fused-ring (bicyclic) bond motifs is 2. The van der Waals surface area contributed by atoms with Crippen LogP contribution >= 0.6 is 0 Å². The van der Waals surface area contributed by atoms with Crippen molar-refractivity contribution in [3.05, 3.63) is 29.3 Å². The zero-order valence-corrected chi connectivity index (χ0v) is 16.1. The normalized spacial score (nSPS) is 28.7. The lowest BCUT2D eigenvalue weighted by Crippen LogP contribution is -2.23. The number of carbonyl (C=O) groups is 1. The van der Waals surface area contributed by atoms with Gasteiger partial charge in [0.1, 0.15) is 17.1 Å². The summed E-state index contributed by atoms with van der Waals surface area (Å²) in [5, 5.41) is 19.9. The Morgan fingerprint density at radius 1 is 1.07 bits per heavy atom. The molecular weight excluding hydrogens is 348 g/mol. The first-order valence-electron chi connectivity index (χ1n) is 9.54. The van der Waals surface area contributed by atoms with Crippen molar-refractivity contribution < 1.29 is 29.2 Å². The lowest BCUT2D eigenvalue weighted by molar-refractivity contribution is -0.147. The van der Waals surface area contributed by atoms with E-state index in [0.717, 1.165) is 31.7 Å². The SMILES string of the molecule is C[C@H]1CCC[C@@H]2OC(C)(C)O[C@H]2CCC=Cc2cc(O)cc(O)c2C(=O)O1. The molecule has 0 unspecified atom stereocenters. The molecule has 1 fully saturated rings. The van der Waals surface area contributed by atoms with Crippen molar-refractivity contribution in [1.82, 2.24) is 0 Å². The monoisotopic (exact) mass is 376 g/mol. The topological polar surface area (TPSA) is 85.2 Å². The molecular formula is C21H28O6. The Morgan fingerprint density at radius 3 is 2.52 bits per heavy atom. The Hall–Kier alpha value is -2.05. The molecule has 2 N–H and O–H groups in total. The van der Waals surface area contributed by atoms with Gasteiger partial charge in [0.25, 0.3) is 0 Å². The van der Waals surface area contributed by atoms with Crippen molar-refractivity contribution in [3.63, 3.8) is 0 Å². The molecule has 3 atom stereocenters. The molecule has 0 radical (unpaired) electrons. The van der Waals surface area contributed by atoms with E-state index in [-0.39, 0.29) is 35.4 Å². The van der Waals surface area contributed by atoms with E-state index in [0.29, 0.717) is 12.0 Å². The number of benzene rings is 1. The number of rotatable bonds is 0. The second-order valence-electron chi connectivity index (χ2n) is 7.77. The van der Waals surface area contributed by atoms with Crippen LogP contribution in [0.15, 0.2) is 18.2 Å². The van der Waals surface area contributed by atoms with Crippen molar-refractivity contribution in [3.8, 4) is 11.5 Å². The molecule has 0 bridgehead atoms. The van der Waals surface area contributed by atoms with Gasteiger partial charge < -0.3 is 24.4 Å². The van der Waals surface area contributed by atoms with Gasteiger partial charge in [-0.2, -0.15) is 0 Å². The Labute approximate surface area is 159 Å². The fourth-order valence-electron chi connectivity index (χ4n) is 3.76. The Balaban J connectivity index is 1.87. The molecule has 1 aromatic rings. The molecule has 1 aromatic carbocycles. The summed E-state index contributed by atoms with van der Waals surface area (Å²) in [5.41, 5.74) is 0.509. The number of hydrogen-bond acceptors (Lipinski definition) is 6. The highest BCUT2D eigenvalue weighted by Gasteiger charge is 2.40. The Kier molecular flexibility index (Phi) is 5.77. The van der Waals surface area contributed by atoms with Crippen molar-refractivity contribution in [1.29, 1.82) is 0 Å². The van der Waals surface area contributed by atoms with E-state index in [4.69, 9.17) is 14.2 Å². The number of esters is 1. The third-order valence-corrected chi connectivity index (χ3v) is 4.94. The van der Waals surface area contributed by atoms with Gasteiger partial charge in [-0.25, -0.2) is 4.79 Å². The van der Waals surface area contributed by atoms with Crippen molar-refractivity contribution in [2.75, 3.05) is 0 Å². The maximum Gasteiger partial charge on any atom is 0.342 e. The van der Waals surface area contributed by atoms with E-state index >= 15 is 0 Å². The van der Waals surface area contributed by atoms with E-state index in [9.17, 15) is 15.0 Å². The van der Waals surface area contributed by atoms with Crippen molar-refractivity contribution in [2.24, 2.45) is 0 Å². The quantitative estimate of drug-likeness (QED) is 0.662. The van der Waals surface area contributed by atoms with Crippen LogP contribution in [0.1, 0.15) is 68.8 Å². The highest BCUT2D eigenvalue weighted by atomic mass is 16.7. The van der Waals surface area contributed by atoms with Crippen LogP contribution in [0.4, 0.5) is 0 Å². The standard InChI is InChI=1S/C21H28O6/c1-13-7-6-10-18-17(26-21(2,3)27-18)9-5-4-8-14-11-15(22)12-16(23)19(14)20(24)25-13/h4,8,11-13,17-18,22-23H,5-7,9-10H2,1-3H3/t13-,17-,18-/m0/s1. The summed E-state index contributed by atoms with van der Waals surface area (Å²) in [4.78, 5) is 12.5. The summed E-state index contributed by atoms with van der Waals surface area (Å²) in [6.45, 7) is 5.69. The van der Waals surface area contributed by atoms with Crippen LogP contribution in [0.3, 0.4) is 0 Å². The summed E-state index contributed by atoms with van der Waals surface area (Å²) in [7, 11) is 0. The van der Waals surface area contributed by atoms with Crippen LogP contribution in [0.5, 0.6) is 11.5 Å². The highest BCUT2D eigenvalue weighted by Crippen LogP contribution is 2.34. The van der Waals surface area contributed by atoms with Crippen LogP contribution in [-0.2, 0) is 14.2 Å². The van der Waals surface area contributed by atoms with Crippen molar-refractivity contribution >= 4 is 12.0 Å². The van der Waals surface area contributed by atoms with Crippen LogP contribution in [-0.4, -0.2) is 40.3 Å². The molecule has 0 aliphatic carbocycles. The lowest BCUT2D eigenvalue weighted by atomic mass is 10.00. The fraction of sp³-hybridized carbons (Fsp3) is 0.571. The first-order valence-corrected chi connectivity index (χ1v) is 9.54. The second kappa shape index (κ2) is 7.90. The minimum Gasteiger partial charge on any atom is -0.508 e. The first kappa shape index (κ1) is 19.7. The van der Waals surface area contributed by atoms with Gasteiger partial charge in [-0.3, -0.25) is 0 Å². The van der Waals surface area contributed by atoms with Crippen LogP contribution in [0, 0.1) is 0 Å². The third-order valence-electron chi connectivity index (χ3n) is 4.94. The maximum atomic E-state index is 12.5. The molecule has 27 heavy (non-hydrogen) atoms. The smallest absolute Gasteiger partial charge is 0.342 e. The zero-order chi connectivity index (χ0) is 19.6. The second-order valence-corrected chi connectivity index (χ2v) is 7.77. The summed E-state index contributed by atoms with van der Waals surface area (Å²) in [6.07, 6.45) is 7.29. The van der Waals surface area contributed by atoms with Gasteiger partial charge in [-0.15, -0.1) is 0 Å². The van der Waals surface area contributed by atoms with Gasteiger partial charge in [0.15, 0.2) is 5.79 Å². The van der Waals surface area contributed by atoms with E-state index in [1.807, 2.05) is 26.8 Å². The van der Waals surface area contributed by atoms with Gasteiger partial charge in [0.05, 0.1) is 18.3 Å². The predicted molar refractivity (Wildman–Crippen MR) is 101 cm³/mol. The molecule has 2 heterocycles. The average Bonchev–Trinajstić information content (AvgIpc) is 2.84. The van der Waals surface area contributed by atoms with Crippen LogP contribution in [0.25, 0.3) is 6.08 Å². The number of ether oxygens (including phenoxy) is 3. The number of hydrogen-bond donors (Lipinski definition) is 2. The summed E-state index contributed by atoms with van der Waals surface area (Å²) in [5.74, 6) is -1.56. The molecule has 148 valence electrons. The number of allylic oxidation sites excluding steroid dienone is 1. The Bertz CT molecular complexity index is 724. The zero-order valence-electron chi connectivity index (χ0n) is 16.1. The molecule has 0 aromatic heterocycles. The molecule has 6 nitrogen and oxygen atoms in total. The number of cyclic esters (lactones) is 1. The molecule has 6 heteroatoms. The summed E-state index contributed by atoms with van der Waals surface area (Å²) < 4.78 is 17.6. The van der Waals surface area contributed by atoms with Gasteiger partial charge in [0.2, 0.25) is 0 Å². The van der Waals surface area contributed by atoms with Gasteiger partial charge in [0, 0.05) is 6.07 Å². The van der Waals surface area contributed by atoms with E-state index in [1.165, 1.54) is 6.07 Å². The fourth-order valence-corrected chi connectivity index (χ4v) is 3.76. The largest absolute Gasteiger partial charge is 0.508 e. The Morgan fingerprint density at radius 2 is 1.78 bits per heavy atom. The number of phenolic OH excluding ortho intramolecular Hbond substituents is 2. The maximum absolute atomic E-state index is 12.5. The molecule has 0 saturated carbocycles. The number of aromatic hydroxyl groups is 2. The number of carbonyl (C=O) groups excluding carboxylic acids is 1. The van der Waals surface area contributed by atoms with Gasteiger partial charge >= 0.3 is 5.97 Å². The van der Waals surface area contributed by atoms with Crippen LogP contribution < -0.4 is 0 Å². The molecule has 2 aliphatic heterocycles. The molecule has 2 aliphatic rings. The first-order chi connectivity index (χ1) is 12.7. The number of phenols is 2. The van der Waals surface area contributed by atoms with E-state index < -0.39 is 11.8 Å². The molecule has 1 saturated heterocycles. The van der Waals surface area contributed by atoms with Gasteiger partial charge in [-0.1, -0.05) is 12.2 Å². The molecule has 3 rings (SSSR count).